The third-order valence-corrected chi connectivity index (χ3v) is 5.19. The number of carbonyl (C=O) groups is 1. The molecule has 1 heterocycles. The van der Waals surface area contributed by atoms with E-state index in [2.05, 4.69) is 4.74 Å². The Morgan fingerprint density at radius 3 is 3.00 bits per heavy atom. The maximum Gasteiger partial charge on any atom is 0.308 e. The van der Waals surface area contributed by atoms with E-state index in [1.54, 1.807) is 0 Å². The van der Waals surface area contributed by atoms with Crippen molar-refractivity contribution >= 4 is 27.6 Å². The largest absolute Gasteiger partial charge is 0.436 e. The molecule has 0 aliphatic carbocycles. The summed E-state index contributed by atoms with van der Waals surface area (Å²) in [7, 11) is 3.92. The summed E-state index contributed by atoms with van der Waals surface area (Å²) in [6.07, 6.45) is 3.89. The molecule has 1 aliphatic heterocycles. The third kappa shape index (κ3) is 6.33. The highest BCUT2D eigenvalue weighted by Crippen LogP contribution is 2.39. The number of rotatable bonds is 6. The van der Waals surface area contributed by atoms with Crippen molar-refractivity contribution in [2.45, 2.75) is 50.6 Å². The third-order valence-electron chi connectivity index (χ3n) is 2.19. The van der Waals surface area contributed by atoms with Gasteiger partial charge in [-0.05, 0) is 26.2 Å². The monoisotopic (exact) mass is 250 g/mol. The molecule has 2 atom stereocenters. The minimum Gasteiger partial charge on any atom is -0.436 e. The van der Waals surface area contributed by atoms with Crippen molar-refractivity contribution in [3.63, 3.8) is 0 Å². The van der Waals surface area contributed by atoms with Crippen LogP contribution in [0.15, 0.2) is 0 Å². The lowest BCUT2D eigenvalue weighted by atomic mass is 10.1. The fraction of sp³-hybridized carbons (Fsp3) is 0.900. The van der Waals surface area contributed by atoms with Gasteiger partial charge in [0.05, 0.1) is 0 Å². The molecule has 0 spiro atoms. The predicted molar refractivity (Wildman–Crippen MR) is 64.7 cm³/mol. The van der Waals surface area contributed by atoms with E-state index in [-0.39, 0.29) is 5.97 Å². The first-order valence-corrected chi connectivity index (χ1v) is 7.72. The molecule has 0 radical (unpaired) electrons. The van der Waals surface area contributed by atoms with Gasteiger partial charge in [-0.2, -0.15) is 0 Å². The molecule has 1 rings (SSSR count). The van der Waals surface area contributed by atoms with Gasteiger partial charge in [0, 0.05) is 17.4 Å². The molecular weight excluding hydrogens is 232 g/mol. The van der Waals surface area contributed by atoms with E-state index in [0.717, 1.165) is 18.1 Å². The number of ether oxygens (including phenoxy) is 1. The molecule has 1 saturated heterocycles. The molecule has 0 aromatic heterocycles. The summed E-state index contributed by atoms with van der Waals surface area (Å²) >= 11 is 0. The smallest absolute Gasteiger partial charge is 0.308 e. The van der Waals surface area contributed by atoms with E-state index in [1.807, 2.05) is 21.6 Å². The fourth-order valence-electron chi connectivity index (χ4n) is 1.45. The second kappa shape index (κ2) is 7.41. The number of aliphatic hydroxyl groups is 1. The Labute approximate surface area is 98.7 Å². The summed E-state index contributed by atoms with van der Waals surface area (Å²) in [5.74, 6) is 0.970. The van der Waals surface area contributed by atoms with Gasteiger partial charge in [0.25, 0.3) is 0 Å². The molecule has 88 valence electrons. The van der Waals surface area contributed by atoms with Crippen LogP contribution in [0.2, 0.25) is 0 Å². The molecule has 1 aliphatic rings. The summed E-state index contributed by atoms with van der Waals surface area (Å²) in [5, 5.41) is 9.58. The Bertz CT molecular complexity index is 191. The molecule has 5 heteroatoms. The van der Waals surface area contributed by atoms with Gasteiger partial charge >= 0.3 is 5.97 Å². The lowest BCUT2D eigenvalue weighted by Crippen LogP contribution is -2.13. The van der Waals surface area contributed by atoms with Crippen LogP contribution in [0.1, 0.15) is 39.0 Å². The molecular formula is C10H18O3S2. The van der Waals surface area contributed by atoms with E-state index in [4.69, 9.17) is 5.11 Å². The molecule has 2 unspecified atom stereocenters. The van der Waals surface area contributed by atoms with Crippen LogP contribution in [0, 0.1) is 0 Å². The van der Waals surface area contributed by atoms with Gasteiger partial charge in [-0.3, -0.25) is 4.79 Å². The topological polar surface area (TPSA) is 46.5 Å². The van der Waals surface area contributed by atoms with Crippen LogP contribution < -0.4 is 0 Å². The highest BCUT2D eigenvalue weighted by molar-refractivity contribution is 8.77. The average molecular weight is 250 g/mol. The van der Waals surface area contributed by atoms with E-state index in [1.165, 1.54) is 25.5 Å². The van der Waals surface area contributed by atoms with Crippen LogP contribution in [0.25, 0.3) is 0 Å². The Balaban J connectivity index is 1.94. The number of carbonyl (C=O) groups excluding carboxylic acids is 1. The molecule has 0 bridgehead atoms. The number of aliphatic hydroxyl groups excluding tert-OH is 1. The van der Waals surface area contributed by atoms with Crippen molar-refractivity contribution in [1.82, 2.24) is 0 Å². The Morgan fingerprint density at radius 2 is 2.40 bits per heavy atom. The van der Waals surface area contributed by atoms with Crippen LogP contribution in [0.3, 0.4) is 0 Å². The Hall–Kier alpha value is 0.130. The first-order valence-electron chi connectivity index (χ1n) is 5.34. The lowest BCUT2D eigenvalue weighted by Gasteiger charge is -2.08. The standard InChI is InChI=1S/C10H18O3S2/c1-8(11)13-10(12)5-3-2-4-9-6-7-14-15-9/h8-9,11H,2-7H2,1H3. The number of hydrogen-bond acceptors (Lipinski definition) is 5. The normalized spacial score (nSPS) is 22.7. The average Bonchev–Trinajstić information content (AvgIpc) is 2.63. The predicted octanol–water partition coefficient (Wildman–Crippen LogP) is 2.58. The number of esters is 1. The minimum absolute atomic E-state index is 0.293. The second-order valence-electron chi connectivity index (χ2n) is 3.66. The first kappa shape index (κ1) is 13.2. The summed E-state index contributed by atoms with van der Waals surface area (Å²) in [6.45, 7) is 1.45. The van der Waals surface area contributed by atoms with Gasteiger partial charge in [-0.25, -0.2) is 0 Å². The van der Waals surface area contributed by atoms with Crippen LogP contribution >= 0.6 is 21.6 Å². The first-order chi connectivity index (χ1) is 7.18. The van der Waals surface area contributed by atoms with E-state index in [9.17, 15) is 4.79 Å². The van der Waals surface area contributed by atoms with Gasteiger partial charge in [0.15, 0.2) is 6.29 Å². The minimum atomic E-state index is -0.973. The summed E-state index contributed by atoms with van der Waals surface area (Å²) in [6, 6.07) is 0. The van der Waals surface area contributed by atoms with Gasteiger partial charge in [0.2, 0.25) is 0 Å². The zero-order valence-electron chi connectivity index (χ0n) is 8.98. The molecule has 3 nitrogen and oxygen atoms in total. The van der Waals surface area contributed by atoms with Gasteiger partial charge in [-0.1, -0.05) is 28.0 Å². The van der Waals surface area contributed by atoms with Crippen LogP contribution in [0.5, 0.6) is 0 Å². The van der Waals surface area contributed by atoms with Crippen molar-refractivity contribution in [2.75, 3.05) is 5.75 Å². The van der Waals surface area contributed by atoms with Crippen molar-refractivity contribution in [3.8, 4) is 0 Å². The summed E-state index contributed by atoms with van der Waals surface area (Å²) in [4.78, 5) is 11.1. The molecule has 0 aromatic carbocycles. The summed E-state index contributed by atoms with van der Waals surface area (Å²) < 4.78 is 4.63. The van der Waals surface area contributed by atoms with Gasteiger partial charge in [-0.15, -0.1) is 0 Å². The van der Waals surface area contributed by atoms with E-state index < -0.39 is 6.29 Å². The number of unbranched alkanes of at least 4 members (excludes halogenated alkanes) is 1. The molecule has 0 amide bonds. The second-order valence-corrected chi connectivity index (χ2v) is 6.45. The zero-order chi connectivity index (χ0) is 11.1. The van der Waals surface area contributed by atoms with Crippen molar-refractivity contribution in [3.05, 3.63) is 0 Å². The Kier molecular flexibility index (Phi) is 6.52. The maximum absolute atomic E-state index is 11.1. The fourth-order valence-corrected chi connectivity index (χ4v) is 4.48. The zero-order valence-corrected chi connectivity index (χ0v) is 10.6. The number of hydrogen-bond donors (Lipinski definition) is 1. The van der Waals surface area contributed by atoms with Crippen LogP contribution in [-0.4, -0.2) is 28.4 Å². The van der Waals surface area contributed by atoms with Crippen LogP contribution in [0.4, 0.5) is 0 Å². The highest BCUT2D eigenvalue weighted by Gasteiger charge is 2.16. The molecule has 15 heavy (non-hydrogen) atoms. The van der Waals surface area contributed by atoms with Crippen LogP contribution in [-0.2, 0) is 9.53 Å². The van der Waals surface area contributed by atoms with Gasteiger partial charge in [0.1, 0.15) is 0 Å². The molecule has 0 aromatic rings. The van der Waals surface area contributed by atoms with Gasteiger partial charge < -0.3 is 9.84 Å². The molecule has 1 fully saturated rings. The molecule has 1 N–H and O–H groups in total. The maximum atomic E-state index is 11.1. The summed E-state index contributed by atoms with van der Waals surface area (Å²) in [5.41, 5.74) is 0. The SMILES string of the molecule is CC(O)OC(=O)CCCCC1CCSS1. The van der Waals surface area contributed by atoms with E-state index >= 15 is 0 Å². The lowest BCUT2D eigenvalue weighted by molar-refractivity contribution is -0.164. The Morgan fingerprint density at radius 1 is 1.60 bits per heavy atom. The van der Waals surface area contributed by atoms with Crippen molar-refractivity contribution in [2.24, 2.45) is 0 Å². The molecule has 0 saturated carbocycles. The highest BCUT2D eigenvalue weighted by atomic mass is 33.1. The van der Waals surface area contributed by atoms with E-state index in [0.29, 0.717) is 6.42 Å². The van der Waals surface area contributed by atoms with Crippen molar-refractivity contribution in [1.29, 1.82) is 0 Å². The van der Waals surface area contributed by atoms with Crippen molar-refractivity contribution < 1.29 is 14.6 Å². The quantitative estimate of drug-likeness (QED) is 0.340.